The van der Waals surface area contributed by atoms with E-state index in [1.165, 1.54) is 5.56 Å². The highest BCUT2D eigenvalue weighted by Gasteiger charge is 2.22. The maximum absolute atomic E-state index is 12.2. The SMILES string of the molecule is O=c1[nH]c2c(c3ccccc13)[C@H](NCCCO)CCCC2. The lowest BCUT2D eigenvalue weighted by Gasteiger charge is -2.21. The van der Waals surface area contributed by atoms with Gasteiger partial charge in [-0.2, -0.15) is 0 Å². The molecular formula is C17H22N2O2. The first-order valence-electron chi connectivity index (χ1n) is 7.79. The van der Waals surface area contributed by atoms with Gasteiger partial charge in [0.25, 0.3) is 5.56 Å². The van der Waals surface area contributed by atoms with E-state index < -0.39 is 0 Å². The van der Waals surface area contributed by atoms with Gasteiger partial charge < -0.3 is 15.4 Å². The molecule has 0 aliphatic heterocycles. The molecule has 0 unspecified atom stereocenters. The van der Waals surface area contributed by atoms with E-state index in [-0.39, 0.29) is 18.2 Å². The van der Waals surface area contributed by atoms with Crippen molar-refractivity contribution in [3.63, 3.8) is 0 Å². The van der Waals surface area contributed by atoms with Crippen LogP contribution in [0.5, 0.6) is 0 Å². The lowest BCUT2D eigenvalue weighted by atomic mass is 9.96. The number of pyridine rings is 1. The summed E-state index contributed by atoms with van der Waals surface area (Å²) in [4.78, 5) is 15.3. The van der Waals surface area contributed by atoms with Crippen molar-refractivity contribution in [1.29, 1.82) is 0 Å². The molecule has 0 fully saturated rings. The van der Waals surface area contributed by atoms with E-state index in [1.54, 1.807) is 0 Å². The Morgan fingerprint density at radius 3 is 2.86 bits per heavy atom. The quantitative estimate of drug-likeness (QED) is 0.597. The standard InChI is InChI=1S/C17H22N2O2/c20-11-5-10-18-14-8-3-4-9-15-16(14)12-6-1-2-7-13(12)17(21)19-15/h1-2,6-7,14,18,20H,3-5,8-11H2,(H,19,21)/t14-/m1/s1. The molecule has 1 aliphatic carbocycles. The van der Waals surface area contributed by atoms with Crippen molar-refractivity contribution in [1.82, 2.24) is 10.3 Å². The van der Waals surface area contributed by atoms with Crippen LogP contribution in [0.2, 0.25) is 0 Å². The molecule has 112 valence electrons. The third kappa shape index (κ3) is 2.87. The van der Waals surface area contributed by atoms with E-state index in [9.17, 15) is 4.79 Å². The van der Waals surface area contributed by atoms with Gasteiger partial charge in [0.1, 0.15) is 0 Å². The fourth-order valence-electron chi connectivity index (χ4n) is 3.30. The highest BCUT2D eigenvalue weighted by atomic mass is 16.3. The fourth-order valence-corrected chi connectivity index (χ4v) is 3.30. The minimum atomic E-state index is 0.0142. The zero-order chi connectivity index (χ0) is 14.7. The van der Waals surface area contributed by atoms with E-state index in [0.717, 1.165) is 55.1 Å². The summed E-state index contributed by atoms with van der Waals surface area (Å²) in [6, 6.07) is 8.11. The smallest absolute Gasteiger partial charge is 0.256 e. The minimum Gasteiger partial charge on any atom is -0.396 e. The number of benzene rings is 1. The van der Waals surface area contributed by atoms with Crippen LogP contribution in [0.4, 0.5) is 0 Å². The lowest BCUT2D eigenvalue weighted by Crippen LogP contribution is -2.25. The summed E-state index contributed by atoms with van der Waals surface area (Å²) in [6.07, 6.45) is 5.04. The first-order valence-corrected chi connectivity index (χ1v) is 7.79. The van der Waals surface area contributed by atoms with Gasteiger partial charge in [0.05, 0.1) is 0 Å². The van der Waals surface area contributed by atoms with Crippen molar-refractivity contribution >= 4 is 10.8 Å². The van der Waals surface area contributed by atoms with Gasteiger partial charge in [-0.15, -0.1) is 0 Å². The minimum absolute atomic E-state index is 0.0142. The van der Waals surface area contributed by atoms with Gasteiger partial charge in [-0.1, -0.05) is 24.6 Å². The maximum atomic E-state index is 12.2. The van der Waals surface area contributed by atoms with Crippen LogP contribution in [-0.4, -0.2) is 23.2 Å². The molecule has 3 N–H and O–H groups in total. The molecule has 0 saturated heterocycles. The van der Waals surface area contributed by atoms with E-state index in [2.05, 4.69) is 16.4 Å². The Kier molecular flexibility index (Phi) is 4.36. The average Bonchev–Trinajstić information content (AvgIpc) is 2.70. The van der Waals surface area contributed by atoms with Gasteiger partial charge in [-0.25, -0.2) is 0 Å². The molecule has 0 saturated carbocycles. The average molecular weight is 286 g/mol. The number of fused-ring (bicyclic) bond motifs is 3. The van der Waals surface area contributed by atoms with Gasteiger partial charge in [-0.05, 0) is 49.2 Å². The summed E-state index contributed by atoms with van der Waals surface area (Å²) in [5.41, 5.74) is 2.35. The number of aryl methyl sites for hydroxylation is 1. The Morgan fingerprint density at radius 1 is 1.24 bits per heavy atom. The predicted molar refractivity (Wildman–Crippen MR) is 84.6 cm³/mol. The molecule has 4 nitrogen and oxygen atoms in total. The first kappa shape index (κ1) is 14.3. The normalized spacial score (nSPS) is 18.4. The van der Waals surface area contributed by atoms with Crippen LogP contribution in [0.15, 0.2) is 29.1 Å². The molecular weight excluding hydrogens is 264 g/mol. The number of H-pyrrole nitrogens is 1. The number of aliphatic hydroxyl groups excluding tert-OH is 1. The van der Waals surface area contributed by atoms with Crippen LogP contribution in [0.1, 0.15) is 43.0 Å². The van der Waals surface area contributed by atoms with Crippen LogP contribution in [-0.2, 0) is 6.42 Å². The van der Waals surface area contributed by atoms with Crippen molar-refractivity contribution in [2.75, 3.05) is 13.2 Å². The van der Waals surface area contributed by atoms with Crippen LogP contribution in [0, 0.1) is 0 Å². The largest absolute Gasteiger partial charge is 0.396 e. The second-order valence-electron chi connectivity index (χ2n) is 5.72. The van der Waals surface area contributed by atoms with Gasteiger partial charge in [-0.3, -0.25) is 4.79 Å². The zero-order valence-corrected chi connectivity index (χ0v) is 12.2. The molecule has 0 amide bonds. The van der Waals surface area contributed by atoms with Gasteiger partial charge in [0.2, 0.25) is 0 Å². The topological polar surface area (TPSA) is 65.1 Å². The number of aromatic amines is 1. The maximum Gasteiger partial charge on any atom is 0.256 e. The molecule has 1 aliphatic rings. The van der Waals surface area contributed by atoms with E-state index in [4.69, 9.17) is 5.11 Å². The van der Waals surface area contributed by atoms with Crippen molar-refractivity contribution < 1.29 is 5.11 Å². The molecule has 0 spiro atoms. The second-order valence-corrected chi connectivity index (χ2v) is 5.72. The van der Waals surface area contributed by atoms with Gasteiger partial charge in [0, 0.05) is 23.7 Å². The number of rotatable bonds is 4. The third-order valence-electron chi connectivity index (χ3n) is 4.30. The summed E-state index contributed by atoms with van der Waals surface area (Å²) in [5, 5.41) is 14.4. The number of aromatic nitrogens is 1. The number of hydrogen-bond donors (Lipinski definition) is 3. The highest BCUT2D eigenvalue weighted by Crippen LogP contribution is 2.32. The molecule has 0 bridgehead atoms. The Labute approximate surface area is 124 Å². The monoisotopic (exact) mass is 286 g/mol. The summed E-state index contributed by atoms with van der Waals surface area (Å²) in [7, 11) is 0. The summed E-state index contributed by atoms with van der Waals surface area (Å²) in [6.45, 7) is 1.01. The Bertz CT molecular complexity index is 678. The molecule has 2 aromatic rings. The van der Waals surface area contributed by atoms with Crippen molar-refractivity contribution in [2.24, 2.45) is 0 Å². The molecule has 1 aromatic heterocycles. The third-order valence-corrected chi connectivity index (χ3v) is 4.30. The Balaban J connectivity index is 2.09. The molecule has 1 heterocycles. The van der Waals surface area contributed by atoms with Crippen LogP contribution >= 0.6 is 0 Å². The predicted octanol–water partition coefficient (Wildman–Crippen LogP) is 2.27. The summed E-state index contributed by atoms with van der Waals surface area (Å²) in [5.74, 6) is 0. The van der Waals surface area contributed by atoms with Crippen LogP contribution < -0.4 is 10.9 Å². The number of hydrogen-bond acceptors (Lipinski definition) is 3. The highest BCUT2D eigenvalue weighted by molar-refractivity contribution is 5.86. The number of aliphatic hydroxyl groups is 1. The van der Waals surface area contributed by atoms with Crippen LogP contribution in [0.3, 0.4) is 0 Å². The lowest BCUT2D eigenvalue weighted by molar-refractivity contribution is 0.282. The molecule has 1 aromatic carbocycles. The van der Waals surface area contributed by atoms with E-state index in [0.29, 0.717) is 0 Å². The summed E-state index contributed by atoms with van der Waals surface area (Å²) < 4.78 is 0. The Morgan fingerprint density at radius 2 is 2.05 bits per heavy atom. The fraction of sp³-hybridized carbons (Fsp3) is 0.471. The zero-order valence-electron chi connectivity index (χ0n) is 12.2. The molecule has 3 rings (SSSR count). The van der Waals surface area contributed by atoms with Gasteiger partial charge in [0.15, 0.2) is 0 Å². The van der Waals surface area contributed by atoms with Crippen LogP contribution in [0.25, 0.3) is 10.8 Å². The van der Waals surface area contributed by atoms with E-state index >= 15 is 0 Å². The molecule has 21 heavy (non-hydrogen) atoms. The van der Waals surface area contributed by atoms with Crippen molar-refractivity contribution in [2.45, 2.75) is 38.1 Å². The van der Waals surface area contributed by atoms with Gasteiger partial charge >= 0.3 is 0 Å². The van der Waals surface area contributed by atoms with Crippen molar-refractivity contribution in [3.8, 4) is 0 Å². The van der Waals surface area contributed by atoms with Crippen molar-refractivity contribution in [3.05, 3.63) is 45.9 Å². The van der Waals surface area contributed by atoms with E-state index in [1.807, 2.05) is 18.2 Å². The molecule has 4 heteroatoms. The second kappa shape index (κ2) is 6.41. The Hall–Kier alpha value is -1.65. The summed E-state index contributed by atoms with van der Waals surface area (Å²) >= 11 is 0. The molecule has 0 radical (unpaired) electrons. The molecule has 1 atom stereocenters. The first-order chi connectivity index (χ1) is 10.3. The number of nitrogens with one attached hydrogen (secondary N) is 2.